The van der Waals surface area contributed by atoms with E-state index in [0.29, 0.717) is 12.4 Å². The zero-order chi connectivity index (χ0) is 26.0. The summed E-state index contributed by atoms with van der Waals surface area (Å²) in [7, 11) is 0. The first-order chi connectivity index (χ1) is 17.1. The number of ketones is 1. The number of Topliss-reactive ketones (excluding diaryl/α,β-unsaturated/α-hetero) is 1. The molecule has 1 heterocycles. The smallest absolute Gasteiger partial charge is 0.416 e. The van der Waals surface area contributed by atoms with Crippen LogP contribution in [0.4, 0.5) is 23.2 Å². The van der Waals surface area contributed by atoms with Gasteiger partial charge in [0.25, 0.3) is 11.7 Å². The van der Waals surface area contributed by atoms with E-state index < -0.39 is 41.0 Å². The van der Waals surface area contributed by atoms with Crippen LogP contribution in [-0.4, -0.2) is 23.4 Å². The van der Waals surface area contributed by atoms with Crippen molar-refractivity contribution in [3.05, 3.63) is 101 Å². The second kappa shape index (κ2) is 9.85. The van der Waals surface area contributed by atoms with Crippen molar-refractivity contribution in [2.75, 3.05) is 11.5 Å². The Balaban J connectivity index is 1.85. The molecular formula is C27H21F4NO4. The van der Waals surface area contributed by atoms with E-state index in [9.17, 15) is 32.3 Å². The minimum Gasteiger partial charge on any atom is -0.507 e. The van der Waals surface area contributed by atoms with Crippen molar-refractivity contribution in [3.63, 3.8) is 0 Å². The first kappa shape index (κ1) is 25.0. The molecule has 0 spiro atoms. The van der Waals surface area contributed by atoms with Crippen LogP contribution in [0.15, 0.2) is 78.4 Å². The molecule has 3 aromatic rings. The summed E-state index contributed by atoms with van der Waals surface area (Å²) < 4.78 is 59.6. The molecule has 1 atom stereocenters. The highest BCUT2D eigenvalue weighted by atomic mass is 19.4. The summed E-state index contributed by atoms with van der Waals surface area (Å²) in [5.74, 6) is -2.96. The Morgan fingerprint density at radius 3 is 2.19 bits per heavy atom. The topological polar surface area (TPSA) is 66.8 Å². The second-order valence-electron chi connectivity index (χ2n) is 8.11. The molecule has 9 heteroatoms. The highest BCUT2D eigenvalue weighted by Gasteiger charge is 2.48. The van der Waals surface area contributed by atoms with Gasteiger partial charge in [-0.25, -0.2) is 4.39 Å². The van der Waals surface area contributed by atoms with Gasteiger partial charge >= 0.3 is 6.18 Å². The third kappa shape index (κ3) is 4.68. The Labute approximate surface area is 204 Å². The molecule has 1 saturated heterocycles. The maximum absolute atomic E-state index is 14.9. The number of carbonyl (C=O) groups excluding carboxylic acids is 2. The minimum atomic E-state index is -4.61. The SMILES string of the molecule is CCCOc1ccc(/C(O)=C2\C(=O)C(=O)N(c3ccc(C(F)(F)F)cc3)C2c2ccccc2F)cc1. The van der Waals surface area contributed by atoms with Gasteiger partial charge in [0.15, 0.2) is 0 Å². The number of hydrogen-bond donors (Lipinski definition) is 1. The van der Waals surface area contributed by atoms with Gasteiger partial charge in [-0.15, -0.1) is 0 Å². The van der Waals surface area contributed by atoms with Gasteiger partial charge in [-0.2, -0.15) is 13.2 Å². The summed E-state index contributed by atoms with van der Waals surface area (Å²) in [6, 6.07) is 13.7. The summed E-state index contributed by atoms with van der Waals surface area (Å²) in [5.41, 5.74) is -1.30. The van der Waals surface area contributed by atoms with Crippen molar-refractivity contribution >= 4 is 23.1 Å². The van der Waals surface area contributed by atoms with E-state index in [-0.39, 0.29) is 22.4 Å². The maximum Gasteiger partial charge on any atom is 0.416 e. The molecule has 0 saturated carbocycles. The molecule has 4 rings (SSSR count). The molecule has 0 bridgehead atoms. The zero-order valence-electron chi connectivity index (χ0n) is 19.1. The van der Waals surface area contributed by atoms with Gasteiger partial charge in [-0.05, 0) is 61.0 Å². The number of hydrogen-bond acceptors (Lipinski definition) is 4. The normalized spacial score (nSPS) is 17.5. The molecule has 36 heavy (non-hydrogen) atoms. The molecule has 0 aliphatic carbocycles. The third-order valence-electron chi connectivity index (χ3n) is 5.72. The minimum absolute atomic E-state index is 0.0549. The number of alkyl halides is 3. The number of rotatable bonds is 6. The van der Waals surface area contributed by atoms with Crippen molar-refractivity contribution in [2.45, 2.75) is 25.6 Å². The highest BCUT2D eigenvalue weighted by Crippen LogP contribution is 2.43. The monoisotopic (exact) mass is 499 g/mol. The van der Waals surface area contributed by atoms with Crippen LogP contribution in [0.25, 0.3) is 5.76 Å². The Bertz CT molecular complexity index is 1310. The van der Waals surface area contributed by atoms with Crippen LogP contribution in [0.5, 0.6) is 5.75 Å². The predicted molar refractivity (Wildman–Crippen MR) is 125 cm³/mol. The molecule has 1 aliphatic rings. The fourth-order valence-corrected chi connectivity index (χ4v) is 3.99. The van der Waals surface area contributed by atoms with E-state index in [4.69, 9.17) is 4.74 Å². The summed E-state index contributed by atoms with van der Waals surface area (Å²) in [5, 5.41) is 11.1. The fraction of sp³-hybridized carbons (Fsp3) is 0.185. The van der Waals surface area contributed by atoms with E-state index in [2.05, 4.69) is 0 Å². The molecule has 1 unspecified atom stereocenters. The van der Waals surface area contributed by atoms with Crippen LogP contribution in [0, 0.1) is 5.82 Å². The lowest BCUT2D eigenvalue weighted by atomic mass is 9.94. The van der Waals surface area contributed by atoms with Gasteiger partial charge in [0.1, 0.15) is 17.3 Å². The number of carbonyl (C=O) groups is 2. The van der Waals surface area contributed by atoms with Crippen molar-refractivity contribution < 1.29 is 37.0 Å². The van der Waals surface area contributed by atoms with E-state index in [1.54, 1.807) is 12.1 Å². The van der Waals surface area contributed by atoms with E-state index in [0.717, 1.165) is 41.7 Å². The molecule has 0 aromatic heterocycles. The predicted octanol–water partition coefficient (Wildman–Crippen LogP) is 6.26. The molecule has 1 amide bonds. The van der Waals surface area contributed by atoms with Crippen molar-refractivity contribution in [1.82, 2.24) is 0 Å². The molecule has 1 aliphatic heterocycles. The zero-order valence-corrected chi connectivity index (χ0v) is 19.1. The summed E-state index contributed by atoms with van der Waals surface area (Å²) in [6.45, 7) is 2.43. The fourth-order valence-electron chi connectivity index (χ4n) is 3.99. The van der Waals surface area contributed by atoms with Crippen LogP contribution < -0.4 is 9.64 Å². The second-order valence-corrected chi connectivity index (χ2v) is 8.11. The largest absolute Gasteiger partial charge is 0.507 e. The van der Waals surface area contributed by atoms with Crippen LogP contribution in [-0.2, 0) is 15.8 Å². The first-order valence-electron chi connectivity index (χ1n) is 11.1. The summed E-state index contributed by atoms with van der Waals surface area (Å²) in [4.78, 5) is 27.1. The Hall–Kier alpha value is -4.14. The molecule has 3 aromatic carbocycles. The number of amides is 1. The van der Waals surface area contributed by atoms with E-state index in [1.807, 2.05) is 6.92 Å². The van der Waals surface area contributed by atoms with E-state index in [1.165, 1.54) is 30.3 Å². The molecule has 5 nitrogen and oxygen atoms in total. The number of halogens is 4. The number of aliphatic hydroxyl groups excluding tert-OH is 1. The summed E-state index contributed by atoms with van der Waals surface area (Å²) >= 11 is 0. The molecule has 0 radical (unpaired) electrons. The number of ether oxygens (including phenoxy) is 1. The Kier molecular flexibility index (Phi) is 6.83. The number of anilines is 1. The van der Waals surface area contributed by atoms with Gasteiger partial charge < -0.3 is 9.84 Å². The average Bonchev–Trinajstić information content (AvgIpc) is 3.12. The van der Waals surface area contributed by atoms with Crippen molar-refractivity contribution in [3.8, 4) is 5.75 Å². The van der Waals surface area contributed by atoms with Crippen LogP contribution in [0.2, 0.25) is 0 Å². The van der Waals surface area contributed by atoms with Crippen LogP contribution >= 0.6 is 0 Å². The number of benzene rings is 3. The standard InChI is InChI=1S/C27H21F4NO4/c1-2-15-36-19-13-7-16(8-14-19)24(33)22-23(20-5-3-4-6-21(20)28)32(26(35)25(22)34)18-11-9-17(10-12-18)27(29,30)31/h3-14,23,33H,2,15H2,1H3/b24-22+. The van der Waals surface area contributed by atoms with Gasteiger partial charge in [-0.3, -0.25) is 14.5 Å². The van der Waals surface area contributed by atoms with Gasteiger partial charge in [0, 0.05) is 16.8 Å². The highest BCUT2D eigenvalue weighted by molar-refractivity contribution is 6.51. The number of aliphatic hydroxyl groups is 1. The van der Waals surface area contributed by atoms with Crippen LogP contribution in [0.3, 0.4) is 0 Å². The number of nitrogens with zero attached hydrogens (tertiary/aromatic N) is 1. The average molecular weight is 499 g/mol. The van der Waals surface area contributed by atoms with Gasteiger partial charge in [0.05, 0.1) is 23.8 Å². The van der Waals surface area contributed by atoms with Crippen LogP contribution in [0.1, 0.15) is 36.1 Å². The lowest BCUT2D eigenvalue weighted by Gasteiger charge is -2.26. The van der Waals surface area contributed by atoms with Crippen molar-refractivity contribution in [2.24, 2.45) is 0 Å². The first-order valence-corrected chi connectivity index (χ1v) is 11.1. The molecular weight excluding hydrogens is 478 g/mol. The van der Waals surface area contributed by atoms with Gasteiger partial charge in [-0.1, -0.05) is 25.1 Å². The molecule has 1 N–H and O–H groups in total. The van der Waals surface area contributed by atoms with Crippen molar-refractivity contribution in [1.29, 1.82) is 0 Å². The lowest BCUT2D eigenvalue weighted by molar-refractivity contribution is -0.137. The lowest BCUT2D eigenvalue weighted by Crippen LogP contribution is -2.30. The molecule has 186 valence electrons. The third-order valence-corrected chi connectivity index (χ3v) is 5.72. The van der Waals surface area contributed by atoms with Gasteiger partial charge in [0.2, 0.25) is 0 Å². The Morgan fingerprint density at radius 1 is 0.972 bits per heavy atom. The maximum atomic E-state index is 14.9. The van der Waals surface area contributed by atoms with E-state index >= 15 is 0 Å². The quantitative estimate of drug-likeness (QED) is 0.188. The Morgan fingerprint density at radius 2 is 1.61 bits per heavy atom. The molecule has 1 fully saturated rings. The summed E-state index contributed by atoms with van der Waals surface area (Å²) in [6.07, 6.45) is -3.82.